The summed E-state index contributed by atoms with van der Waals surface area (Å²) in [6.45, 7) is 5.19. The molecule has 0 aliphatic heterocycles. The fourth-order valence-electron chi connectivity index (χ4n) is 1.61. The Balaban J connectivity index is 0.000000483. The third-order valence-corrected chi connectivity index (χ3v) is 2.84. The number of hydrogen-bond donors (Lipinski definition) is 0. The van der Waals surface area contributed by atoms with Crippen molar-refractivity contribution < 1.29 is 48.8 Å². The van der Waals surface area contributed by atoms with Gasteiger partial charge in [-0.2, -0.15) is 0 Å². The molecule has 0 radical (unpaired) electrons. The molecule has 0 aromatic carbocycles. The van der Waals surface area contributed by atoms with Crippen molar-refractivity contribution >= 4 is 11.9 Å². The molecule has 0 amide bonds. The summed E-state index contributed by atoms with van der Waals surface area (Å²) in [5.74, 6) is -1.40. The van der Waals surface area contributed by atoms with Crippen LogP contribution in [0.4, 0.5) is 0 Å². The molecule has 9 heteroatoms. The van der Waals surface area contributed by atoms with Crippen molar-refractivity contribution in [3.05, 3.63) is 48.0 Å². The molecule has 0 fully saturated rings. The van der Waals surface area contributed by atoms with Gasteiger partial charge in [-0.15, -0.1) is 0 Å². The van der Waals surface area contributed by atoms with Gasteiger partial charge in [0.2, 0.25) is 0 Å². The van der Waals surface area contributed by atoms with Gasteiger partial charge in [-0.3, -0.25) is 9.97 Å². The maximum Gasteiger partial charge on any atom is 2.00 e. The molecule has 0 saturated carbocycles. The van der Waals surface area contributed by atoms with Crippen molar-refractivity contribution in [3.63, 3.8) is 0 Å². The number of hydrogen-bond acceptors (Lipinski definition) is 8. The van der Waals surface area contributed by atoms with Crippen LogP contribution in [0, 0.1) is 0 Å². The van der Waals surface area contributed by atoms with E-state index in [4.69, 9.17) is 9.47 Å². The molecule has 27 heavy (non-hydrogen) atoms. The fraction of sp³-hybridized carbons (Fsp3) is 0.333. The third-order valence-electron chi connectivity index (χ3n) is 2.84. The Morgan fingerprint density at radius 2 is 1.19 bits per heavy atom. The third kappa shape index (κ3) is 9.65. The maximum absolute atomic E-state index is 10.3. The number of aromatic carboxylic acids is 2. The number of rotatable bonds is 8. The van der Waals surface area contributed by atoms with E-state index >= 15 is 0 Å². The first-order chi connectivity index (χ1) is 12.5. The van der Waals surface area contributed by atoms with Crippen molar-refractivity contribution in [1.29, 1.82) is 0 Å². The van der Waals surface area contributed by atoms with Gasteiger partial charge in [0.25, 0.3) is 0 Å². The maximum atomic E-state index is 10.3. The van der Waals surface area contributed by atoms with Crippen LogP contribution in [0.25, 0.3) is 0 Å². The van der Waals surface area contributed by atoms with Gasteiger partial charge in [0, 0.05) is 0 Å². The Bertz CT molecular complexity index is 631. The van der Waals surface area contributed by atoms with Crippen LogP contribution in [-0.4, -0.2) is 35.1 Å². The summed E-state index contributed by atoms with van der Waals surface area (Å²) in [6.07, 6.45) is 4.56. The number of carbonyl (C=O) groups is 2. The molecule has 0 bridgehead atoms. The van der Waals surface area contributed by atoms with Crippen LogP contribution >= 0.6 is 0 Å². The summed E-state index contributed by atoms with van der Waals surface area (Å²) in [4.78, 5) is 27.9. The van der Waals surface area contributed by atoms with Crippen LogP contribution in [0.1, 0.15) is 47.7 Å². The standard InChI is InChI=1S/2C9H11NO3.Zn/c2*1-2-5-13-7-3-4-8(9(11)12)10-6-7;/h2*3-4,6H,2,5H2,1H3,(H,11,12);/q;;+2/p-2. The van der Waals surface area contributed by atoms with Crippen molar-refractivity contribution in [1.82, 2.24) is 9.97 Å². The second-order valence-electron chi connectivity index (χ2n) is 5.03. The second kappa shape index (κ2) is 13.6. The smallest absolute Gasteiger partial charge is 0.543 e. The zero-order chi connectivity index (χ0) is 19.4. The van der Waals surface area contributed by atoms with Gasteiger partial charge in [0.05, 0.1) is 48.9 Å². The first-order valence-electron chi connectivity index (χ1n) is 8.08. The van der Waals surface area contributed by atoms with Crippen molar-refractivity contribution in [2.45, 2.75) is 26.7 Å². The fourth-order valence-corrected chi connectivity index (χ4v) is 1.61. The van der Waals surface area contributed by atoms with E-state index in [1.165, 1.54) is 24.5 Å². The van der Waals surface area contributed by atoms with E-state index in [-0.39, 0.29) is 30.9 Å². The average molecular weight is 426 g/mol. The van der Waals surface area contributed by atoms with Gasteiger partial charge in [-0.1, -0.05) is 13.8 Å². The Kier molecular flexibility index (Phi) is 12.4. The van der Waals surface area contributed by atoms with Crippen molar-refractivity contribution in [2.75, 3.05) is 13.2 Å². The summed E-state index contributed by atoms with van der Waals surface area (Å²) in [5.41, 5.74) is -0.160. The molecule has 0 spiro atoms. The molecule has 0 unspecified atom stereocenters. The molecule has 0 aliphatic carbocycles. The van der Waals surface area contributed by atoms with Crippen LogP contribution in [-0.2, 0) is 19.5 Å². The van der Waals surface area contributed by atoms with E-state index < -0.39 is 11.9 Å². The summed E-state index contributed by atoms with van der Waals surface area (Å²) in [7, 11) is 0. The number of carbonyl (C=O) groups excluding carboxylic acids is 2. The summed E-state index contributed by atoms with van der Waals surface area (Å²) in [5, 5.41) is 20.6. The van der Waals surface area contributed by atoms with Gasteiger partial charge < -0.3 is 29.3 Å². The number of nitrogens with zero attached hydrogens (tertiary/aromatic N) is 2. The number of aromatic nitrogens is 2. The molecular formula is C18H20N2O6Zn. The summed E-state index contributed by atoms with van der Waals surface area (Å²) >= 11 is 0. The van der Waals surface area contributed by atoms with E-state index in [2.05, 4.69) is 9.97 Å². The largest absolute Gasteiger partial charge is 2.00 e. The van der Waals surface area contributed by atoms with E-state index in [1.54, 1.807) is 12.1 Å². The van der Waals surface area contributed by atoms with Crippen molar-refractivity contribution in [2.24, 2.45) is 0 Å². The van der Waals surface area contributed by atoms with Gasteiger partial charge in [0.15, 0.2) is 0 Å². The van der Waals surface area contributed by atoms with Crippen LogP contribution in [0.2, 0.25) is 0 Å². The van der Waals surface area contributed by atoms with Gasteiger partial charge in [-0.05, 0) is 37.1 Å². The topological polar surface area (TPSA) is 125 Å². The second-order valence-corrected chi connectivity index (χ2v) is 5.03. The Hall–Kier alpha value is -2.54. The quantitative estimate of drug-likeness (QED) is 0.559. The van der Waals surface area contributed by atoms with Gasteiger partial charge in [-0.25, -0.2) is 0 Å². The molecule has 0 atom stereocenters. The molecule has 2 heterocycles. The molecule has 8 nitrogen and oxygen atoms in total. The van der Waals surface area contributed by atoms with E-state index in [9.17, 15) is 19.8 Å². The molecule has 2 rings (SSSR count). The van der Waals surface area contributed by atoms with Gasteiger partial charge >= 0.3 is 19.5 Å². The van der Waals surface area contributed by atoms with Crippen LogP contribution < -0.4 is 19.7 Å². The predicted molar refractivity (Wildman–Crippen MR) is 88.7 cm³/mol. The van der Waals surface area contributed by atoms with E-state index in [0.717, 1.165) is 12.8 Å². The average Bonchev–Trinajstić information content (AvgIpc) is 2.66. The number of carboxylic acid groups (broad SMARTS) is 2. The molecule has 2 aromatic rings. The monoisotopic (exact) mass is 424 g/mol. The number of ether oxygens (including phenoxy) is 2. The summed E-state index contributed by atoms with van der Waals surface area (Å²) < 4.78 is 10.4. The minimum atomic E-state index is -1.28. The van der Waals surface area contributed by atoms with Crippen LogP contribution in [0.15, 0.2) is 36.7 Å². The Morgan fingerprint density at radius 3 is 1.41 bits per heavy atom. The van der Waals surface area contributed by atoms with Gasteiger partial charge in [0.1, 0.15) is 11.5 Å². The zero-order valence-electron chi connectivity index (χ0n) is 15.3. The minimum absolute atomic E-state index is 0. The molecule has 0 saturated heterocycles. The van der Waals surface area contributed by atoms with Crippen LogP contribution in [0.5, 0.6) is 11.5 Å². The minimum Gasteiger partial charge on any atom is -0.543 e. The molecule has 0 N–H and O–H groups in total. The normalized spacial score (nSPS) is 9.26. The first-order valence-corrected chi connectivity index (χ1v) is 8.08. The molecule has 0 aliphatic rings. The predicted octanol–water partition coefficient (Wildman–Crippen LogP) is 0.465. The van der Waals surface area contributed by atoms with Crippen LogP contribution in [0.3, 0.4) is 0 Å². The SMILES string of the molecule is CCCOc1ccc(C(=O)[O-])nc1.CCCOc1ccc(C(=O)[O-])nc1.[Zn+2]. The molecule has 2 aromatic heterocycles. The Morgan fingerprint density at radius 1 is 0.815 bits per heavy atom. The first kappa shape index (κ1) is 24.5. The van der Waals surface area contributed by atoms with E-state index in [0.29, 0.717) is 24.7 Å². The molecule has 140 valence electrons. The van der Waals surface area contributed by atoms with Crippen molar-refractivity contribution in [3.8, 4) is 11.5 Å². The van der Waals surface area contributed by atoms with E-state index in [1.807, 2.05) is 13.8 Å². The molecular weight excluding hydrogens is 406 g/mol. The Labute approximate surface area is 170 Å². The number of carboxylic acids is 2. The summed E-state index contributed by atoms with van der Waals surface area (Å²) in [6, 6.07) is 5.85. The zero-order valence-corrected chi connectivity index (χ0v) is 18.3. The number of pyridine rings is 2.